The molecule has 1 aromatic carbocycles. The Labute approximate surface area is 116 Å². The molecule has 2 heterocycles. The van der Waals surface area contributed by atoms with E-state index in [2.05, 4.69) is 10.3 Å². The van der Waals surface area contributed by atoms with Gasteiger partial charge in [0.2, 0.25) is 0 Å². The van der Waals surface area contributed by atoms with Crippen molar-refractivity contribution in [3.63, 3.8) is 0 Å². The molecule has 0 bridgehead atoms. The van der Waals surface area contributed by atoms with Crippen LogP contribution in [0.4, 0.5) is 0 Å². The lowest BCUT2D eigenvalue weighted by Crippen LogP contribution is -2.35. The van der Waals surface area contributed by atoms with Gasteiger partial charge in [0, 0.05) is 17.0 Å². The average molecular weight is 288 g/mol. The molecule has 6 heteroatoms. The van der Waals surface area contributed by atoms with E-state index in [0.717, 1.165) is 16.3 Å². The van der Waals surface area contributed by atoms with Crippen molar-refractivity contribution in [2.45, 2.75) is 6.04 Å². The van der Waals surface area contributed by atoms with Gasteiger partial charge in [-0.05, 0) is 18.2 Å². The number of hydrogen-bond donors (Lipinski definition) is 1. The summed E-state index contributed by atoms with van der Waals surface area (Å²) in [6.45, 7) is 0. The molecule has 5 nitrogen and oxygen atoms in total. The summed E-state index contributed by atoms with van der Waals surface area (Å²) in [5.41, 5.74) is 1.23. The fraction of sp³-hybridized carbons (Fsp3) is 0.143. The van der Waals surface area contributed by atoms with Crippen molar-refractivity contribution in [1.29, 1.82) is 0 Å². The van der Waals surface area contributed by atoms with Crippen molar-refractivity contribution in [2.75, 3.05) is 5.75 Å². The summed E-state index contributed by atoms with van der Waals surface area (Å²) in [6, 6.07) is 8.76. The van der Waals surface area contributed by atoms with Crippen molar-refractivity contribution < 1.29 is 13.2 Å². The number of hydrogen-bond acceptors (Lipinski definition) is 4. The maximum Gasteiger partial charge on any atom is 0.253 e. The second-order valence-corrected chi connectivity index (χ2v) is 6.59. The SMILES string of the molecule is O=C(NC1C=CS(=O)(=O)C1)c1cnc2ccccc2c1. The van der Waals surface area contributed by atoms with E-state index in [4.69, 9.17) is 0 Å². The molecule has 1 aliphatic rings. The minimum Gasteiger partial charge on any atom is -0.345 e. The Hall–Kier alpha value is -2.21. The topological polar surface area (TPSA) is 76.1 Å². The van der Waals surface area contributed by atoms with Crippen molar-refractivity contribution in [3.05, 3.63) is 53.6 Å². The lowest BCUT2D eigenvalue weighted by Gasteiger charge is -2.10. The predicted molar refractivity (Wildman–Crippen MR) is 75.9 cm³/mol. The van der Waals surface area contributed by atoms with E-state index in [0.29, 0.717) is 5.56 Å². The molecule has 1 unspecified atom stereocenters. The molecule has 0 spiro atoms. The second kappa shape index (κ2) is 4.72. The molecule has 0 fully saturated rings. The van der Waals surface area contributed by atoms with Crippen molar-refractivity contribution in [2.24, 2.45) is 0 Å². The molecular formula is C14H12N2O3S. The lowest BCUT2D eigenvalue weighted by atomic mass is 10.1. The van der Waals surface area contributed by atoms with Crippen LogP contribution in [0.25, 0.3) is 10.9 Å². The van der Waals surface area contributed by atoms with Crippen LogP contribution in [0, 0.1) is 0 Å². The van der Waals surface area contributed by atoms with Gasteiger partial charge >= 0.3 is 0 Å². The highest BCUT2D eigenvalue weighted by Crippen LogP contribution is 2.14. The van der Waals surface area contributed by atoms with Gasteiger partial charge in [-0.25, -0.2) is 8.42 Å². The van der Waals surface area contributed by atoms with Gasteiger partial charge in [0.05, 0.1) is 22.9 Å². The van der Waals surface area contributed by atoms with E-state index in [9.17, 15) is 13.2 Å². The number of carbonyl (C=O) groups is 1. The molecule has 0 saturated heterocycles. The number of aromatic nitrogens is 1. The average Bonchev–Trinajstić information content (AvgIpc) is 2.77. The van der Waals surface area contributed by atoms with Crippen LogP contribution < -0.4 is 5.32 Å². The summed E-state index contributed by atoms with van der Waals surface area (Å²) in [7, 11) is -3.17. The number of sulfone groups is 1. The first-order chi connectivity index (χ1) is 9.53. The highest BCUT2D eigenvalue weighted by atomic mass is 32.2. The van der Waals surface area contributed by atoms with Gasteiger partial charge in [0.1, 0.15) is 0 Å². The monoisotopic (exact) mass is 288 g/mol. The van der Waals surface area contributed by atoms with Crippen LogP contribution in [0.2, 0.25) is 0 Å². The zero-order valence-corrected chi connectivity index (χ0v) is 11.3. The Morgan fingerprint density at radius 2 is 2.10 bits per heavy atom. The highest BCUT2D eigenvalue weighted by Gasteiger charge is 2.23. The molecule has 1 aliphatic heterocycles. The molecule has 1 amide bonds. The van der Waals surface area contributed by atoms with Crippen LogP contribution in [-0.4, -0.2) is 31.1 Å². The minimum atomic E-state index is -3.17. The van der Waals surface area contributed by atoms with Crippen LogP contribution in [0.1, 0.15) is 10.4 Å². The summed E-state index contributed by atoms with van der Waals surface area (Å²) < 4.78 is 22.6. The molecule has 3 rings (SSSR count). The maximum absolute atomic E-state index is 12.1. The molecule has 0 aliphatic carbocycles. The number of para-hydroxylation sites is 1. The standard InChI is InChI=1S/C14H12N2O3S/c17-14(16-12-5-6-20(18,19)9-12)11-7-10-3-1-2-4-13(10)15-8-11/h1-8,12H,9H2,(H,16,17). The first-order valence-corrected chi connectivity index (χ1v) is 7.82. The van der Waals surface area contributed by atoms with E-state index < -0.39 is 15.9 Å². The van der Waals surface area contributed by atoms with Gasteiger partial charge in [0.15, 0.2) is 9.84 Å². The molecule has 0 saturated carbocycles. The second-order valence-electron chi connectivity index (χ2n) is 4.65. The van der Waals surface area contributed by atoms with Crippen molar-refractivity contribution in [3.8, 4) is 0 Å². The zero-order chi connectivity index (χ0) is 14.2. The van der Waals surface area contributed by atoms with Crippen molar-refractivity contribution >= 4 is 26.6 Å². The molecule has 20 heavy (non-hydrogen) atoms. The normalized spacial score (nSPS) is 20.1. The van der Waals surface area contributed by atoms with E-state index >= 15 is 0 Å². The molecular weight excluding hydrogens is 276 g/mol. The fourth-order valence-electron chi connectivity index (χ4n) is 2.11. The number of fused-ring (bicyclic) bond motifs is 1. The summed E-state index contributed by atoms with van der Waals surface area (Å²) in [4.78, 5) is 16.3. The number of nitrogens with zero attached hydrogens (tertiary/aromatic N) is 1. The Kier molecular flexibility index (Phi) is 3.02. The van der Waals surface area contributed by atoms with Gasteiger partial charge in [-0.3, -0.25) is 9.78 Å². The lowest BCUT2D eigenvalue weighted by molar-refractivity contribution is 0.0947. The van der Waals surface area contributed by atoms with Crippen molar-refractivity contribution in [1.82, 2.24) is 10.3 Å². The first kappa shape index (κ1) is 12.8. The first-order valence-electron chi connectivity index (χ1n) is 6.10. The van der Waals surface area contributed by atoms with Crippen LogP contribution in [0.15, 0.2) is 48.0 Å². The Bertz CT molecular complexity index is 812. The third kappa shape index (κ3) is 2.55. The van der Waals surface area contributed by atoms with E-state index in [1.807, 2.05) is 24.3 Å². The molecule has 1 aromatic heterocycles. The van der Waals surface area contributed by atoms with Gasteiger partial charge < -0.3 is 5.32 Å². The summed E-state index contributed by atoms with van der Waals surface area (Å²) in [6.07, 6.45) is 2.98. The van der Waals surface area contributed by atoms with E-state index in [1.165, 1.54) is 12.3 Å². The molecule has 102 valence electrons. The Morgan fingerprint density at radius 3 is 2.85 bits per heavy atom. The number of amides is 1. The summed E-state index contributed by atoms with van der Waals surface area (Å²) in [5.74, 6) is -0.408. The Balaban J connectivity index is 1.81. The fourth-order valence-corrected chi connectivity index (χ4v) is 3.35. The van der Waals surface area contributed by atoms with Gasteiger partial charge in [-0.1, -0.05) is 18.2 Å². The van der Waals surface area contributed by atoms with E-state index in [-0.39, 0.29) is 11.7 Å². The summed E-state index contributed by atoms with van der Waals surface area (Å²) in [5, 5.41) is 4.68. The predicted octanol–water partition coefficient (Wildman–Crippen LogP) is 1.28. The number of carbonyl (C=O) groups excluding carboxylic acids is 1. The number of benzene rings is 1. The quantitative estimate of drug-likeness (QED) is 0.903. The molecule has 1 N–H and O–H groups in total. The van der Waals surface area contributed by atoms with E-state index in [1.54, 1.807) is 6.07 Å². The largest absolute Gasteiger partial charge is 0.345 e. The van der Waals surface area contributed by atoms with Crippen LogP contribution >= 0.6 is 0 Å². The van der Waals surface area contributed by atoms with Gasteiger partial charge in [0.25, 0.3) is 5.91 Å². The molecule has 1 atom stereocenters. The van der Waals surface area contributed by atoms with Crippen LogP contribution in [0.5, 0.6) is 0 Å². The highest BCUT2D eigenvalue weighted by molar-refractivity contribution is 7.94. The number of rotatable bonds is 2. The Morgan fingerprint density at radius 1 is 1.30 bits per heavy atom. The maximum atomic E-state index is 12.1. The van der Waals surface area contributed by atoms with Crippen LogP contribution in [-0.2, 0) is 9.84 Å². The number of nitrogens with one attached hydrogen (secondary N) is 1. The van der Waals surface area contributed by atoms with Gasteiger partial charge in [-0.15, -0.1) is 0 Å². The molecule has 0 radical (unpaired) electrons. The van der Waals surface area contributed by atoms with Crippen LogP contribution in [0.3, 0.4) is 0 Å². The molecule has 2 aromatic rings. The number of pyridine rings is 1. The third-order valence-corrected chi connectivity index (χ3v) is 4.49. The minimum absolute atomic E-state index is 0.0836. The smallest absolute Gasteiger partial charge is 0.253 e. The summed E-state index contributed by atoms with van der Waals surface area (Å²) >= 11 is 0. The third-order valence-electron chi connectivity index (χ3n) is 3.10. The van der Waals surface area contributed by atoms with Gasteiger partial charge in [-0.2, -0.15) is 0 Å². The zero-order valence-electron chi connectivity index (χ0n) is 10.5.